The summed E-state index contributed by atoms with van der Waals surface area (Å²) in [5, 5.41) is 6.68. The van der Waals surface area contributed by atoms with Gasteiger partial charge in [-0.05, 0) is 11.1 Å². The molecule has 0 radical (unpaired) electrons. The van der Waals surface area contributed by atoms with E-state index in [0.29, 0.717) is 13.2 Å². The fourth-order valence-electron chi connectivity index (χ4n) is 1.83. The summed E-state index contributed by atoms with van der Waals surface area (Å²) < 4.78 is 4.95. The molecule has 1 aromatic rings. The lowest BCUT2D eigenvalue weighted by Crippen LogP contribution is -2.33. The van der Waals surface area contributed by atoms with Crippen LogP contribution in [0.1, 0.15) is 11.6 Å². The quantitative estimate of drug-likeness (QED) is 0.363. The molecule has 0 aliphatic carbocycles. The molecule has 2 atom stereocenters. The zero-order chi connectivity index (χ0) is 12.1. The zero-order valence-corrected chi connectivity index (χ0v) is 9.11. The van der Waals surface area contributed by atoms with E-state index in [1.165, 1.54) is 0 Å². The van der Waals surface area contributed by atoms with Gasteiger partial charge in [-0.25, -0.2) is 0 Å². The van der Waals surface area contributed by atoms with E-state index in [1.807, 2.05) is 30.3 Å². The van der Waals surface area contributed by atoms with E-state index in [2.05, 4.69) is 15.3 Å². The van der Waals surface area contributed by atoms with Crippen LogP contribution in [-0.2, 0) is 9.53 Å². The number of cyclic esters (lactones) is 1. The van der Waals surface area contributed by atoms with Crippen molar-refractivity contribution in [2.75, 3.05) is 13.2 Å². The van der Waals surface area contributed by atoms with Gasteiger partial charge in [0, 0.05) is 11.5 Å². The van der Waals surface area contributed by atoms with Crippen LogP contribution in [0.3, 0.4) is 0 Å². The predicted molar refractivity (Wildman–Crippen MR) is 61.1 cm³/mol. The number of hydrogen-bond acceptors (Lipinski definition) is 4. The van der Waals surface area contributed by atoms with E-state index in [1.54, 1.807) is 0 Å². The lowest BCUT2D eigenvalue weighted by Gasteiger charge is -2.19. The molecule has 1 saturated heterocycles. The van der Waals surface area contributed by atoms with Crippen LogP contribution in [-0.4, -0.2) is 25.2 Å². The third kappa shape index (κ3) is 2.55. The Labute approximate surface area is 98.2 Å². The molecule has 0 saturated carbocycles. The average Bonchev–Trinajstić information content (AvgIpc) is 2.54. The molecule has 1 fully saturated rings. The van der Waals surface area contributed by atoms with Gasteiger partial charge in [-0.2, -0.15) is 0 Å². The first-order valence-electron chi connectivity index (χ1n) is 5.32. The fraction of sp³-hybridized carbons (Fsp3) is 0.364. The second kappa shape index (κ2) is 5.34. The number of nitrogens with one attached hydrogen (secondary N) is 1. The van der Waals surface area contributed by atoms with Gasteiger partial charge in [-0.15, -0.1) is 0 Å². The van der Waals surface area contributed by atoms with Gasteiger partial charge in [0.1, 0.15) is 6.61 Å². The van der Waals surface area contributed by atoms with E-state index >= 15 is 0 Å². The van der Waals surface area contributed by atoms with Crippen molar-refractivity contribution in [3.63, 3.8) is 0 Å². The molecule has 0 amide bonds. The summed E-state index contributed by atoms with van der Waals surface area (Å²) in [6.07, 6.45) is 0. The zero-order valence-electron chi connectivity index (χ0n) is 9.11. The molecule has 1 aliphatic rings. The Morgan fingerprint density at radius 3 is 2.88 bits per heavy atom. The van der Waals surface area contributed by atoms with Gasteiger partial charge in [0.25, 0.3) is 0 Å². The molecular formula is C11H12N4O2. The highest BCUT2D eigenvalue weighted by Crippen LogP contribution is 2.22. The third-order valence-electron chi connectivity index (χ3n) is 2.60. The third-order valence-corrected chi connectivity index (χ3v) is 2.60. The monoisotopic (exact) mass is 232 g/mol. The summed E-state index contributed by atoms with van der Waals surface area (Å²) in [4.78, 5) is 14.4. The Kier molecular flexibility index (Phi) is 3.59. The van der Waals surface area contributed by atoms with Crippen LogP contribution < -0.4 is 5.32 Å². The first-order chi connectivity index (χ1) is 8.33. The topological polar surface area (TPSA) is 87.1 Å². The first kappa shape index (κ1) is 11.4. The lowest BCUT2D eigenvalue weighted by molar-refractivity contribution is -0.144. The van der Waals surface area contributed by atoms with E-state index in [0.717, 1.165) is 5.56 Å². The lowest BCUT2D eigenvalue weighted by atomic mass is 10.0. The van der Waals surface area contributed by atoms with Gasteiger partial charge >= 0.3 is 5.97 Å². The summed E-state index contributed by atoms with van der Waals surface area (Å²) in [5.41, 5.74) is 9.42. The van der Waals surface area contributed by atoms with Crippen LogP contribution in [0.5, 0.6) is 0 Å². The van der Waals surface area contributed by atoms with Crippen molar-refractivity contribution in [3.05, 3.63) is 46.3 Å². The van der Waals surface area contributed by atoms with E-state index < -0.39 is 12.0 Å². The largest absolute Gasteiger partial charge is 0.464 e. The van der Waals surface area contributed by atoms with Crippen molar-refractivity contribution < 1.29 is 9.53 Å². The minimum atomic E-state index is -0.857. The van der Waals surface area contributed by atoms with E-state index in [4.69, 9.17) is 10.3 Å². The number of nitrogens with zero attached hydrogens (tertiary/aromatic N) is 3. The van der Waals surface area contributed by atoms with Crippen LogP contribution >= 0.6 is 0 Å². The molecule has 0 aromatic heterocycles. The van der Waals surface area contributed by atoms with Crippen molar-refractivity contribution >= 4 is 5.97 Å². The van der Waals surface area contributed by atoms with Crippen molar-refractivity contribution in [2.24, 2.45) is 5.11 Å². The number of ether oxygens (including phenoxy) is 1. The maximum atomic E-state index is 11.7. The van der Waals surface area contributed by atoms with Gasteiger partial charge in [0.2, 0.25) is 0 Å². The second-order valence-electron chi connectivity index (χ2n) is 3.66. The smallest absolute Gasteiger partial charge is 0.316 e. The SMILES string of the molecule is [N-]=[N+]=N[C@@H]1C(=O)OCCN[C@@H]1c1ccccc1. The van der Waals surface area contributed by atoms with Crippen LogP contribution in [0.25, 0.3) is 10.4 Å². The number of rotatable bonds is 2. The summed E-state index contributed by atoms with van der Waals surface area (Å²) in [7, 11) is 0. The molecule has 88 valence electrons. The number of hydrogen-bond donors (Lipinski definition) is 1. The normalized spacial score (nSPS) is 24.4. The molecule has 1 N–H and O–H groups in total. The van der Waals surface area contributed by atoms with Crippen LogP contribution in [0, 0.1) is 0 Å². The van der Waals surface area contributed by atoms with Crippen LogP contribution in [0.15, 0.2) is 35.4 Å². The summed E-state index contributed by atoms with van der Waals surface area (Å²) in [6.45, 7) is 0.836. The van der Waals surface area contributed by atoms with Crippen molar-refractivity contribution in [1.29, 1.82) is 0 Å². The van der Waals surface area contributed by atoms with Crippen molar-refractivity contribution in [2.45, 2.75) is 12.1 Å². The number of benzene rings is 1. The molecule has 1 aromatic carbocycles. The van der Waals surface area contributed by atoms with Gasteiger partial charge in [-0.3, -0.25) is 4.79 Å². The highest BCUT2D eigenvalue weighted by molar-refractivity contribution is 5.77. The Bertz CT molecular complexity index is 442. The van der Waals surface area contributed by atoms with Crippen molar-refractivity contribution in [3.8, 4) is 0 Å². The first-order valence-corrected chi connectivity index (χ1v) is 5.32. The molecule has 1 heterocycles. The van der Waals surface area contributed by atoms with Crippen molar-refractivity contribution in [1.82, 2.24) is 5.32 Å². The number of carbonyl (C=O) groups is 1. The highest BCUT2D eigenvalue weighted by Gasteiger charge is 2.31. The van der Waals surface area contributed by atoms with Gasteiger partial charge in [0.05, 0.1) is 6.04 Å². The minimum Gasteiger partial charge on any atom is -0.464 e. The molecule has 0 bridgehead atoms. The van der Waals surface area contributed by atoms with E-state index in [9.17, 15) is 4.79 Å². The molecule has 1 aliphatic heterocycles. The Morgan fingerprint density at radius 2 is 2.18 bits per heavy atom. The Hall–Kier alpha value is -2.04. The maximum absolute atomic E-state index is 11.7. The Morgan fingerprint density at radius 1 is 1.41 bits per heavy atom. The molecule has 6 nitrogen and oxygen atoms in total. The van der Waals surface area contributed by atoms with Crippen LogP contribution in [0.2, 0.25) is 0 Å². The molecule has 6 heteroatoms. The fourth-order valence-corrected chi connectivity index (χ4v) is 1.83. The summed E-state index contributed by atoms with van der Waals surface area (Å²) >= 11 is 0. The van der Waals surface area contributed by atoms with Crippen LogP contribution in [0.4, 0.5) is 0 Å². The standard InChI is InChI=1S/C11H12N4O2/c12-15-14-10-9(8-4-2-1-3-5-8)13-6-7-17-11(10)16/h1-5,9-10,13H,6-7H2/t9-,10+/m1/s1. The van der Waals surface area contributed by atoms with Gasteiger partial charge in [-0.1, -0.05) is 35.4 Å². The number of azide groups is 1. The average molecular weight is 232 g/mol. The minimum absolute atomic E-state index is 0.291. The molecular weight excluding hydrogens is 220 g/mol. The predicted octanol–water partition coefficient (Wildman–Crippen LogP) is 1.55. The van der Waals surface area contributed by atoms with E-state index in [-0.39, 0.29) is 6.04 Å². The summed E-state index contributed by atoms with van der Waals surface area (Å²) in [6, 6.07) is 8.22. The molecule has 17 heavy (non-hydrogen) atoms. The number of carbonyl (C=O) groups excluding carboxylic acids is 1. The molecule has 2 rings (SSSR count). The molecule has 0 unspecified atom stereocenters. The van der Waals surface area contributed by atoms with Gasteiger partial charge < -0.3 is 10.1 Å². The Balaban J connectivity index is 2.33. The molecule has 0 spiro atoms. The second-order valence-corrected chi connectivity index (χ2v) is 3.66. The number of esters is 1. The summed E-state index contributed by atoms with van der Waals surface area (Å²) in [5.74, 6) is -0.485. The van der Waals surface area contributed by atoms with Gasteiger partial charge in [0.15, 0.2) is 6.04 Å². The highest BCUT2D eigenvalue weighted by atomic mass is 16.5. The maximum Gasteiger partial charge on any atom is 0.316 e.